The van der Waals surface area contributed by atoms with Gasteiger partial charge in [-0.2, -0.15) is 5.26 Å². The molecule has 0 unspecified atom stereocenters. The highest BCUT2D eigenvalue weighted by Gasteiger charge is 2.28. The Morgan fingerprint density at radius 2 is 1.91 bits per heavy atom. The van der Waals surface area contributed by atoms with Gasteiger partial charge < -0.3 is 14.6 Å². The number of carbonyl (C=O) groups excluding carboxylic acids is 2. The number of nitrogens with zero attached hydrogens (tertiary/aromatic N) is 2. The van der Waals surface area contributed by atoms with Crippen molar-refractivity contribution in [2.24, 2.45) is 0 Å². The van der Waals surface area contributed by atoms with E-state index < -0.39 is 5.91 Å². The number of hydrogen-bond acceptors (Lipinski definition) is 5. The molecule has 1 aliphatic rings. The molecule has 2 heterocycles. The highest BCUT2D eigenvalue weighted by Crippen LogP contribution is 2.39. The molecular weight excluding hydrogens is 434 g/mol. The van der Waals surface area contributed by atoms with Gasteiger partial charge in [0.25, 0.3) is 5.91 Å². The van der Waals surface area contributed by atoms with Crippen molar-refractivity contribution in [1.82, 2.24) is 4.57 Å². The van der Waals surface area contributed by atoms with Crippen LogP contribution in [0.25, 0.3) is 11.1 Å². The number of amides is 1. The third-order valence-corrected chi connectivity index (χ3v) is 7.19. The number of rotatable bonds is 5. The zero-order valence-corrected chi connectivity index (χ0v) is 19.7. The van der Waals surface area contributed by atoms with Crippen molar-refractivity contribution in [1.29, 1.82) is 5.26 Å². The first-order chi connectivity index (χ1) is 15.9. The fourth-order valence-electron chi connectivity index (χ4n) is 4.29. The summed E-state index contributed by atoms with van der Waals surface area (Å²) in [4.78, 5) is 26.6. The van der Waals surface area contributed by atoms with Crippen LogP contribution in [0.4, 0.5) is 5.69 Å². The Kier molecular flexibility index (Phi) is 6.47. The monoisotopic (exact) mass is 459 g/mol. The molecule has 3 aromatic rings. The van der Waals surface area contributed by atoms with E-state index in [1.165, 1.54) is 12.0 Å². The molecule has 0 saturated carbocycles. The normalized spacial score (nSPS) is 13.2. The highest BCUT2D eigenvalue weighted by molar-refractivity contribution is 7.15. The molecule has 0 atom stereocenters. The molecule has 0 bridgehead atoms. The van der Waals surface area contributed by atoms with Crippen molar-refractivity contribution in [3.05, 3.63) is 74.9 Å². The molecule has 168 valence electrons. The molecule has 0 fully saturated rings. The molecule has 0 saturated heterocycles. The van der Waals surface area contributed by atoms with Crippen molar-refractivity contribution in [3.8, 4) is 11.1 Å². The fraction of sp³-hybridized carbons (Fsp3) is 0.269. The van der Waals surface area contributed by atoms with E-state index in [4.69, 9.17) is 4.74 Å². The minimum absolute atomic E-state index is 0.0118. The summed E-state index contributed by atoms with van der Waals surface area (Å²) in [5.74, 6) is -0.788. The summed E-state index contributed by atoms with van der Waals surface area (Å²) < 4.78 is 7.16. The highest BCUT2D eigenvalue weighted by atomic mass is 32.1. The molecule has 4 rings (SSSR count). The minimum Gasteiger partial charge on any atom is -0.465 e. The second-order valence-corrected chi connectivity index (χ2v) is 9.12. The van der Waals surface area contributed by atoms with E-state index in [1.807, 2.05) is 48.7 Å². The number of esters is 1. The standard InChI is InChI=1S/C26H25N3O3S/c1-16-13-18(14-19(15-27)24(30)28-20-9-5-4-6-10-20)17(2)29(16)25-23(26(31)32-3)21-11-7-8-12-22(21)33-25/h4-6,9-10,13-14H,7-8,11-12H2,1-3H3,(H,28,30)/b19-14-. The van der Waals surface area contributed by atoms with Crippen molar-refractivity contribution in [3.63, 3.8) is 0 Å². The van der Waals surface area contributed by atoms with Crippen LogP contribution in [0.2, 0.25) is 0 Å². The van der Waals surface area contributed by atoms with Crippen LogP contribution in [0.5, 0.6) is 0 Å². The maximum atomic E-state index is 12.7. The number of aromatic nitrogens is 1. The van der Waals surface area contributed by atoms with E-state index in [0.29, 0.717) is 11.3 Å². The van der Waals surface area contributed by atoms with Crippen molar-refractivity contribution >= 4 is 35.0 Å². The third-order valence-electron chi connectivity index (χ3n) is 5.91. The molecule has 2 aromatic heterocycles. The van der Waals surface area contributed by atoms with Gasteiger partial charge in [-0.05, 0) is 74.9 Å². The Balaban J connectivity index is 1.75. The van der Waals surface area contributed by atoms with Gasteiger partial charge in [-0.25, -0.2) is 4.79 Å². The molecule has 7 heteroatoms. The summed E-state index contributed by atoms with van der Waals surface area (Å²) in [5, 5.41) is 13.2. The largest absolute Gasteiger partial charge is 0.465 e. The van der Waals surface area contributed by atoms with Gasteiger partial charge in [-0.15, -0.1) is 11.3 Å². The van der Waals surface area contributed by atoms with Crippen molar-refractivity contribution < 1.29 is 14.3 Å². The average molecular weight is 460 g/mol. The predicted octanol–water partition coefficient (Wildman–Crippen LogP) is 5.37. The van der Waals surface area contributed by atoms with E-state index in [9.17, 15) is 14.9 Å². The molecule has 0 radical (unpaired) electrons. The lowest BCUT2D eigenvalue weighted by atomic mass is 9.95. The molecule has 33 heavy (non-hydrogen) atoms. The number of thiophene rings is 1. The molecule has 0 aliphatic heterocycles. The van der Waals surface area contributed by atoms with Gasteiger partial charge in [0.05, 0.1) is 12.7 Å². The van der Waals surface area contributed by atoms with Crippen LogP contribution in [-0.4, -0.2) is 23.6 Å². The van der Waals surface area contributed by atoms with Gasteiger partial charge in [0.2, 0.25) is 0 Å². The van der Waals surface area contributed by atoms with E-state index in [2.05, 4.69) is 5.32 Å². The van der Waals surface area contributed by atoms with Gasteiger partial charge in [0.15, 0.2) is 0 Å². The molecule has 1 aliphatic carbocycles. The fourth-order valence-corrected chi connectivity index (χ4v) is 5.78. The summed E-state index contributed by atoms with van der Waals surface area (Å²) in [6.45, 7) is 3.89. The number of carbonyl (C=O) groups is 2. The number of aryl methyl sites for hydroxylation is 2. The van der Waals surface area contributed by atoms with E-state index in [-0.39, 0.29) is 11.5 Å². The minimum atomic E-state index is -0.463. The lowest BCUT2D eigenvalue weighted by Gasteiger charge is -2.12. The maximum absolute atomic E-state index is 12.7. The Labute approximate surface area is 197 Å². The number of fused-ring (bicyclic) bond motifs is 1. The zero-order valence-electron chi connectivity index (χ0n) is 18.9. The van der Waals surface area contributed by atoms with Crippen molar-refractivity contribution in [2.45, 2.75) is 39.5 Å². The van der Waals surface area contributed by atoms with Gasteiger partial charge >= 0.3 is 5.97 Å². The van der Waals surface area contributed by atoms with Crippen LogP contribution in [0.1, 0.15) is 50.6 Å². The number of ether oxygens (including phenoxy) is 1. The quantitative estimate of drug-likeness (QED) is 0.316. The Hall–Kier alpha value is -3.63. The molecule has 1 amide bonds. The van der Waals surface area contributed by atoms with Gasteiger partial charge in [0.1, 0.15) is 16.6 Å². The first-order valence-corrected chi connectivity index (χ1v) is 11.7. The summed E-state index contributed by atoms with van der Waals surface area (Å²) in [6, 6.07) is 13.0. The number of anilines is 1. The number of methoxy groups -OCH3 is 1. The smallest absolute Gasteiger partial charge is 0.341 e. The van der Waals surface area contributed by atoms with Crippen LogP contribution < -0.4 is 5.32 Å². The molecular formula is C26H25N3O3S. The van der Waals surface area contributed by atoms with E-state index in [1.54, 1.807) is 29.5 Å². The average Bonchev–Trinajstić information content (AvgIpc) is 3.33. The summed E-state index contributed by atoms with van der Waals surface area (Å²) in [6.07, 6.45) is 5.62. The summed E-state index contributed by atoms with van der Waals surface area (Å²) >= 11 is 1.63. The lowest BCUT2D eigenvalue weighted by Crippen LogP contribution is -2.13. The van der Waals surface area contributed by atoms with Crippen LogP contribution >= 0.6 is 11.3 Å². The van der Waals surface area contributed by atoms with Gasteiger partial charge in [-0.3, -0.25) is 4.79 Å². The lowest BCUT2D eigenvalue weighted by molar-refractivity contribution is -0.112. The Morgan fingerprint density at radius 1 is 1.18 bits per heavy atom. The van der Waals surface area contributed by atoms with Crippen LogP contribution in [0, 0.1) is 25.2 Å². The van der Waals surface area contributed by atoms with Crippen LogP contribution in [-0.2, 0) is 22.4 Å². The molecule has 0 spiro atoms. The summed E-state index contributed by atoms with van der Waals surface area (Å²) in [7, 11) is 1.41. The molecule has 6 nitrogen and oxygen atoms in total. The Morgan fingerprint density at radius 3 is 2.61 bits per heavy atom. The van der Waals surface area contributed by atoms with Crippen LogP contribution in [0.15, 0.2) is 42.0 Å². The van der Waals surface area contributed by atoms with Gasteiger partial charge in [-0.1, -0.05) is 18.2 Å². The van der Waals surface area contributed by atoms with Gasteiger partial charge in [0, 0.05) is 22.0 Å². The van der Waals surface area contributed by atoms with E-state index >= 15 is 0 Å². The third kappa shape index (κ3) is 4.35. The topological polar surface area (TPSA) is 84.1 Å². The number of para-hydroxylation sites is 1. The predicted molar refractivity (Wildman–Crippen MR) is 130 cm³/mol. The second-order valence-electron chi connectivity index (χ2n) is 8.03. The number of hydrogen-bond donors (Lipinski definition) is 1. The zero-order chi connectivity index (χ0) is 23.5. The van der Waals surface area contributed by atoms with Crippen LogP contribution in [0.3, 0.4) is 0 Å². The maximum Gasteiger partial charge on any atom is 0.341 e. The SMILES string of the molecule is COC(=O)c1c(-n2c(C)cc(/C=C(/C#N)C(=O)Nc3ccccc3)c2C)sc2c1CCCC2. The molecule has 1 N–H and O–H groups in total. The number of nitriles is 1. The first kappa shape index (κ1) is 22.6. The summed E-state index contributed by atoms with van der Waals surface area (Å²) in [5.41, 5.74) is 4.91. The van der Waals surface area contributed by atoms with E-state index in [0.717, 1.165) is 53.2 Å². The molecule has 1 aromatic carbocycles. The Bertz CT molecular complexity index is 1290. The second kappa shape index (κ2) is 9.47. The number of benzene rings is 1. The number of nitrogens with one attached hydrogen (secondary N) is 1. The van der Waals surface area contributed by atoms with Crippen molar-refractivity contribution in [2.75, 3.05) is 12.4 Å². The first-order valence-electron chi connectivity index (χ1n) is 10.8.